The fraction of sp³-hybridized carbons (Fsp3) is 0.294. The maximum atomic E-state index is 4.49. The Balaban J connectivity index is 2.27. The van der Waals surface area contributed by atoms with Crippen LogP contribution in [0.4, 0.5) is 17.5 Å². The lowest BCUT2D eigenvalue weighted by Gasteiger charge is -2.14. The molecule has 0 saturated heterocycles. The fourth-order valence-electron chi connectivity index (χ4n) is 2.13. The normalized spacial score (nSPS) is 10.5. The van der Waals surface area contributed by atoms with E-state index in [1.54, 1.807) is 6.08 Å². The zero-order valence-electron chi connectivity index (χ0n) is 12.9. The van der Waals surface area contributed by atoms with Crippen molar-refractivity contribution in [3.8, 4) is 0 Å². The van der Waals surface area contributed by atoms with Crippen LogP contribution in [-0.2, 0) is 0 Å². The summed E-state index contributed by atoms with van der Waals surface area (Å²) in [6.07, 6.45) is 1.80. The van der Waals surface area contributed by atoms with E-state index in [9.17, 15) is 0 Å². The van der Waals surface area contributed by atoms with Gasteiger partial charge in [-0.1, -0.05) is 38.1 Å². The van der Waals surface area contributed by atoms with Crippen LogP contribution in [0.5, 0.6) is 0 Å². The summed E-state index contributed by atoms with van der Waals surface area (Å²) in [5.41, 5.74) is 3.22. The highest BCUT2D eigenvalue weighted by Gasteiger charge is 2.08. The Morgan fingerprint density at radius 2 is 2.00 bits per heavy atom. The summed E-state index contributed by atoms with van der Waals surface area (Å²) in [5.74, 6) is 1.85. The molecule has 0 aliphatic heterocycles. The summed E-state index contributed by atoms with van der Waals surface area (Å²) in [6.45, 7) is 10.7. The number of hydrogen-bond donors (Lipinski definition) is 2. The van der Waals surface area contributed by atoms with Crippen molar-refractivity contribution in [1.82, 2.24) is 9.97 Å². The number of rotatable bonds is 6. The summed E-state index contributed by atoms with van der Waals surface area (Å²) in [5, 5.41) is 6.51. The molecular formula is C17H22N4. The van der Waals surface area contributed by atoms with Crippen LogP contribution >= 0.6 is 0 Å². The molecule has 1 aromatic heterocycles. The van der Waals surface area contributed by atoms with E-state index in [1.165, 1.54) is 5.56 Å². The Kier molecular flexibility index (Phi) is 4.93. The van der Waals surface area contributed by atoms with Crippen molar-refractivity contribution in [2.24, 2.45) is 0 Å². The van der Waals surface area contributed by atoms with Crippen LogP contribution in [0.2, 0.25) is 0 Å². The van der Waals surface area contributed by atoms with Gasteiger partial charge in [0.1, 0.15) is 5.82 Å². The van der Waals surface area contributed by atoms with Crippen molar-refractivity contribution in [3.05, 3.63) is 54.2 Å². The maximum absolute atomic E-state index is 4.49. The van der Waals surface area contributed by atoms with Crippen LogP contribution in [0.1, 0.15) is 31.0 Å². The van der Waals surface area contributed by atoms with Gasteiger partial charge in [-0.05, 0) is 24.5 Å². The second kappa shape index (κ2) is 6.88. The minimum atomic E-state index is 0.442. The van der Waals surface area contributed by atoms with Gasteiger partial charge in [-0.15, -0.1) is 6.58 Å². The molecule has 2 aromatic rings. The van der Waals surface area contributed by atoms with Gasteiger partial charge in [0.15, 0.2) is 0 Å². The Morgan fingerprint density at radius 3 is 2.71 bits per heavy atom. The van der Waals surface area contributed by atoms with Crippen LogP contribution in [0, 0.1) is 6.92 Å². The van der Waals surface area contributed by atoms with E-state index >= 15 is 0 Å². The summed E-state index contributed by atoms with van der Waals surface area (Å²) in [4.78, 5) is 8.94. The van der Waals surface area contributed by atoms with Crippen molar-refractivity contribution < 1.29 is 0 Å². The third-order valence-electron chi connectivity index (χ3n) is 3.11. The minimum Gasteiger partial charge on any atom is -0.366 e. The standard InChI is InChI=1S/C17H22N4/c1-5-10-18-16-11-13(4)19-17(21-16)20-15-9-7-6-8-14(15)12(2)3/h5-9,11-12H,1,10H2,2-4H3,(H2,18,19,20,21). The van der Waals surface area contributed by atoms with Gasteiger partial charge >= 0.3 is 0 Å². The molecule has 4 heteroatoms. The van der Waals surface area contributed by atoms with Gasteiger partial charge < -0.3 is 10.6 Å². The number of anilines is 3. The molecule has 0 atom stereocenters. The SMILES string of the molecule is C=CCNc1cc(C)nc(Nc2ccccc2C(C)C)n1. The molecule has 21 heavy (non-hydrogen) atoms. The Labute approximate surface area is 126 Å². The molecule has 0 spiro atoms. The van der Waals surface area contributed by atoms with Crippen molar-refractivity contribution in [1.29, 1.82) is 0 Å². The fourth-order valence-corrected chi connectivity index (χ4v) is 2.13. The number of hydrogen-bond acceptors (Lipinski definition) is 4. The first-order valence-electron chi connectivity index (χ1n) is 7.16. The maximum Gasteiger partial charge on any atom is 0.229 e. The zero-order valence-corrected chi connectivity index (χ0v) is 12.9. The topological polar surface area (TPSA) is 49.8 Å². The van der Waals surface area contributed by atoms with Crippen LogP contribution in [-0.4, -0.2) is 16.5 Å². The minimum absolute atomic E-state index is 0.442. The summed E-state index contributed by atoms with van der Waals surface area (Å²) < 4.78 is 0. The average molecular weight is 282 g/mol. The summed E-state index contributed by atoms with van der Waals surface area (Å²) >= 11 is 0. The molecule has 110 valence electrons. The van der Waals surface area contributed by atoms with Crippen LogP contribution in [0.15, 0.2) is 43.0 Å². The largest absolute Gasteiger partial charge is 0.366 e. The number of aryl methyl sites for hydroxylation is 1. The second-order valence-corrected chi connectivity index (χ2v) is 5.25. The Morgan fingerprint density at radius 1 is 1.24 bits per heavy atom. The number of para-hydroxylation sites is 1. The molecule has 0 radical (unpaired) electrons. The van der Waals surface area contributed by atoms with Crippen molar-refractivity contribution in [3.63, 3.8) is 0 Å². The zero-order chi connectivity index (χ0) is 15.2. The van der Waals surface area contributed by atoms with Crippen molar-refractivity contribution >= 4 is 17.5 Å². The van der Waals surface area contributed by atoms with Crippen molar-refractivity contribution in [2.75, 3.05) is 17.2 Å². The summed E-state index contributed by atoms with van der Waals surface area (Å²) in [7, 11) is 0. The molecule has 0 fully saturated rings. The first-order valence-corrected chi connectivity index (χ1v) is 7.16. The Bertz CT molecular complexity index is 620. The van der Waals surface area contributed by atoms with Gasteiger partial charge in [0.25, 0.3) is 0 Å². The molecule has 2 rings (SSSR count). The molecule has 2 N–H and O–H groups in total. The van der Waals surface area contributed by atoms with Gasteiger partial charge in [-0.25, -0.2) is 4.98 Å². The highest BCUT2D eigenvalue weighted by atomic mass is 15.1. The third kappa shape index (κ3) is 4.05. The van der Waals surface area contributed by atoms with E-state index in [0.29, 0.717) is 18.4 Å². The number of benzene rings is 1. The third-order valence-corrected chi connectivity index (χ3v) is 3.11. The molecule has 0 saturated carbocycles. The lowest BCUT2D eigenvalue weighted by molar-refractivity contribution is 0.868. The number of aromatic nitrogens is 2. The molecule has 0 bridgehead atoms. The second-order valence-electron chi connectivity index (χ2n) is 5.25. The molecule has 0 aliphatic carbocycles. The predicted octanol–water partition coefficient (Wildman–Crippen LogP) is 4.25. The Hall–Kier alpha value is -2.36. The molecule has 0 unspecified atom stereocenters. The summed E-state index contributed by atoms with van der Waals surface area (Å²) in [6, 6.07) is 10.2. The van der Waals surface area contributed by atoms with Gasteiger partial charge in [0, 0.05) is 24.0 Å². The lowest BCUT2D eigenvalue weighted by Crippen LogP contribution is -2.06. The van der Waals surface area contributed by atoms with Gasteiger partial charge in [-0.2, -0.15) is 4.98 Å². The van der Waals surface area contributed by atoms with E-state index in [1.807, 2.05) is 19.1 Å². The quantitative estimate of drug-likeness (QED) is 0.778. The van der Waals surface area contributed by atoms with E-state index in [2.05, 4.69) is 59.2 Å². The molecule has 0 aliphatic rings. The van der Waals surface area contributed by atoms with Gasteiger partial charge in [0.2, 0.25) is 5.95 Å². The number of nitrogens with one attached hydrogen (secondary N) is 2. The van der Waals surface area contributed by atoms with Crippen LogP contribution < -0.4 is 10.6 Å². The van der Waals surface area contributed by atoms with E-state index in [0.717, 1.165) is 17.2 Å². The van der Waals surface area contributed by atoms with Crippen LogP contribution in [0.3, 0.4) is 0 Å². The molecular weight excluding hydrogens is 260 g/mol. The van der Waals surface area contributed by atoms with E-state index < -0.39 is 0 Å². The van der Waals surface area contributed by atoms with Crippen LogP contribution in [0.25, 0.3) is 0 Å². The molecule has 4 nitrogen and oxygen atoms in total. The molecule has 1 aromatic carbocycles. The van der Waals surface area contributed by atoms with Gasteiger partial charge in [0.05, 0.1) is 0 Å². The monoisotopic (exact) mass is 282 g/mol. The number of nitrogens with zero attached hydrogens (tertiary/aromatic N) is 2. The van der Waals surface area contributed by atoms with E-state index in [-0.39, 0.29) is 0 Å². The molecule has 0 amide bonds. The smallest absolute Gasteiger partial charge is 0.229 e. The molecule has 1 heterocycles. The highest BCUT2D eigenvalue weighted by Crippen LogP contribution is 2.26. The van der Waals surface area contributed by atoms with E-state index in [4.69, 9.17) is 0 Å². The first kappa shape index (κ1) is 15.0. The predicted molar refractivity (Wildman–Crippen MR) is 89.3 cm³/mol. The highest BCUT2D eigenvalue weighted by molar-refractivity contribution is 5.60. The van der Waals surface area contributed by atoms with Gasteiger partial charge in [-0.3, -0.25) is 0 Å². The van der Waals surface area contributed by atoms with Crippen molar-refractivity contribution in [2.45, 2.75) is 26.7 Å². The average Bonchev–Trinajstić information content (AvgIpc) is 2.45. The first-order chi connectivity index (χ1) is 10.1. The lowest BCUT2D eigenvalue weighted by atomic mass is 10.0.